The van der Waals surface area contributed by atoms with Crippen molar-refractivity contribution >= 4 is 6.09 Å². The molecule has 1 heterocycles. The highest BCUT2D eigenvalue weighted by atomic mass is 16.6. The molecule has 0 aliphatic carbocycles. The molecule has 1 atom stereocenters. The molecular weight excluding hydrogens is 294 g/mol. The van der Waals surface area contributed by atoms with E-state index in [9.17, 15) is 4.79 Å². The van der Waals surface area contributed by atoms with E-state index in [1.54, 1.807) is 17.0 Å². The van der Waals surface area contributed by atoms with E-state index in [1.165, 1.54) is 5.57 Å². The molecule has 0 radical (unpaired) electrons. The minimum absolute atomic E-state index is 0.168. The molecule has 0 saturated carbocycles. The smallest absolute Gasteiger partial charge is 0.410 e. The molecule has 0 aromatic heterocycles. The fourth-order valence-electron chi connectivity index (χ4n) is 2.65. The summed E-state index contributed by atoms with van der Waals surface area (Å²) in [6, 6.07) is 0. The van der Waals surface area contributed by atoms with Gasteiger partial charge in [-0.05, 0) is 39.2 Å². The van der Waals surface area contributed by atoms with Crippen LogP contribution < -0.4 is 5.84 Å². The molecule has 134 valence electrons. The Balaban J connectivity index is 2.59. The third-order valence-corrected chi connectivity index (χ3v) is 3.69. The summed E-state index contributed by atoms with van der Waals surface area (Å²) in [7, 11) is 1.74. The van der Waals surface area contributed by atoms with Crippen LogP contribution in [0, 0.1) is 5.92 Å². The molecule has 23 heavy (non-hydrogen) atoms. The SMILES string of the molecule is CCC/C(CC)=C1/OCC(CN(C)C(=O)OC(C)(C)C)CN1N. The maximum Gasteiger partial charge on any atom is 0.410 e. The number of allylic oxidation sites excluding steroid dienone is 1. The van der Waals surface area contributed by atoms with Crippen LogP contribution in [0.3, 0.4) is 0 Å². The first-order chi connectivity index (χ1) is 10.7. The summed E-state index contributed by atoms with van der Waals surface area (Å²) in [6.45, 7) is 11.7. The molecule has 0 spiro atoms. The lowest BCUT2D eigenvalue weighted by Gasteiger charge is -2.36. The number of ether oxygens (including phenoxy) is 2. The van der Waals surface area contributed by atoms with E-state index < -0.39 is 5.60 Å². The number of carbonyl (C=O) groups excluding carboxylic acids is 1. The maximum absolute atomic E-state index is 12.0. The minimum atomic E-state index is -0.486. The number of rotatable bonds is 5. The monoisotopic (exact) mass is 327 g/mol. The van der Waals surface area contributed by atoms with E-state index >= 15 is 0 Å². The van der Waals surface area contributed by atoms with Gasteiger partial charge in [-0.25, -0.2) is 10.6 Å². The van der Waals surface area contributed by atoms with Crippen molar-refractivity contribution in [2.75, 3.05) is 26.7 Å². The van der Waals surface area contributed by atoms with E-state index in [2.05, 4.69) is 13.8 Å². The summed E-state index contributed by atoms with van der Waals surface area (Å²) in [6.07, 6.45) is 2.71. The summed E-state index contributed by atoms with van der Waals surface area (Å²) < 4.78 is 11.3. The van der Waals surface area contributed by atoms with Gasteiger partial charge in [0, 0.05) is 26.1 Å². The summed E-state index contributed by atoms with van der Waals surface area (Å²) in [5.74, 6) is 7.12. The molecule has 0 bridgehead atoms. The van der Waals surface area contributed by atoms with Gasteiger partial charge in [0.1, 0.15) is 5.60 Å². The van der Waals surface area contributed by atoms with Crippen LogP contribution in [0.15, 0.2) is 11.5 Å². The lowest BCUT2D eigenvalue weighted by atomic mass is 10.1. The molecule has 1 aliphatic rings. The van der Waals surface area contributed by atoms with Gasteiger partial charge in [-0.1, -0.05) is 20.3 Å². The molecule has 1 unspecified atom stereocenters. The Hall–Kier alpha value is -1.43. The van der Waals surface area contributed by atoms with E-state index in [0.29, 0.717) is 19.7 Å². The van der Waals surface area contributed by atoms with Crippen LogP contribution in [0.2, 0.25) is 0 Å². The van der Waals surface area contributed by atoms with E-state index in [4.69, 9.17) is 15.3 Å². The van der Waals surface area contributed by atoms with Crippen LogP contribution in [-0.2, 0) is 9.47 Å². The molecule has 0 aromatic rings. The molecular formula is C17H33N3O3. The molecule has 1 amide bonds. The van der Waals surface area contributed by atoms with Gasteiger partial charge in [0.2, 0.25) is 5.88 Å². The molecule has 1 fully saturated rings. The second kappa shape index (κ2) is 8.43. The van der Waals surface area contributed by atoms with Crippen LogP contribution in [0.25, 0.3) is 0 Å². The number of nitrogens with zero attached hydrogens (tertiary/aromatic N) is 2. The number of amides is 1. The van der Waals surface area contributed by atoms with Crippen LogP contribution >= 0.6 is 0 Å². The Morgan fingerprint density at radius 1 is 1.43 bits per heavy atom. The largest absolute Gasteiger partial charge is 0.478 e. The summed E-state index contributed by atoms with van der Waals surface area (Å²) in [4.78, 5) is 13.6. The molecule has 6 heteroatoms. The van der Waals surface area contributed by atoms with Gasteiger partial charge in [-0.3, -0.25) is 5.01 Å². The minimum Gasteiger partial charge on any atom is -0.478 e. The van der Waals surface area contributed by atoms with Crippen molar-refractivity contribution in [1.29, 1.82) is 0 Å². The second-order valence-corrected chi connectivity index (χ2v) is 7.20. The number of hydrogen-bond donors (Lipinski definition) is 1. The third kappa shape index (κ3) is 6.29. The quantitative estimate of drug-likeness (QED) is 0.786. The average Bonchev–Trinajstić information content (AvgIpc) is 2.43. The van der Waals surface area contributed by atoms with Gasteiger partial charge in [-0.2, -0.15) is 0 Å². The Bertz CT molecular complexity index is 429. The first kappa shape index (κ1) is 19.6. The molecule has 2 N–H and O–H groups in total. The van der Waals surface area contributed by atoms with Gasteiger partial charge < -0.3 is 14.4 Å². The zero-order chi connectivity index (χ0) is 17.6. The molecule has 1 rings (SSSR count). The van der Waals surface area contributed by atoms with Crippen molar-refractivity contribution < 1.29 is 14.3 Å². The van der Waals surface area contributed by atoms with Gasteiger partial charge >= 0.3 is 6.09 Å². The zero-order valence-corrected chi connectivity index (χ0v) is 15.5. The van der Waals surface area contributed by atoms with Gasteiger partial charge in [0.15, 0.2) is 0 Å². The first-order valence-electron chi connectivity index (χ1n) is 8.49. The third-order valence-electron chi connectivity index (χ3n) is 3.69. The van der Waals surface area contributed by atoms with Crippen molar-refractivity contribution in [2.24, 2.45) is 11.8 Å². The fraction of sp³-hybridized carbons (Fsp3) is 0.824. The average molecular weight is 327 g/mol. The zero-order valence-electron chi connectivity index (χ0n) is 15.5. The van der Waals surface area contributed by atoms with Crippen LogP contribution in [-0.4, -0.2) is 48.3 Å². The van der Waals surface area contributed by atoms with Gasteiger partial charge in [-0.15, -0.1) is 0 Å². The summed E-state index contributed by atoms with van der Waals surface area (Å²) in [5, 5.41) is 1.69. The predicted molar refractivity (Wildman–Crippen MR) is 91.4 cm³/mol. The van der Waals surface area contributed by atoms with Crippen molar-refractivity contribution in [2.45, 2.75) is 59.5 Å². The van der Waals surface area contributed by atoms with E-state index in [-0.39, 0.29) is 12.0 Å². The first-order valence-corrected chi connectivity index (χ1v) is 8.49. The van der Waals surface area contributed by atoms with Crippen molar-refractivity contribution in [1.82, 2.24) is 9.91 Å². The summed E-state index contributed by atoms with van der Waals surface area (Å²) in [5.41, 5.74) is 0.773. The Morgan fingerprint density at radius 3 is 2.57 bits per heavy atom. The Morgan fingerprint density at radius 2 is 2.09 bits per heavy atom. The lowest BCUT2D eigenvalue weighted by molar-refractivity contribution is -0.00227. The molecule has 0 aromatic carbocycles. The van der Waals surface area contributed by atoms with Crippen LogP contribution in [0.5, 0.6) is 0 Å². The van der Waals surface area contributed by atoms with E-state index in [1.807, 2.05) is 20.8 Å². The Labute approximate surface area is 140 Å². The molecule has 1 saturated heterocycles. The second-order valence-electron chi connectivity index (χ2n) is 7.20. The maximum atomic E-state index is 12.0. The number of carbonyl (C=O) groups is 1. The van der Waals surface area contributed by atoms with Crippen LogP contribution in [0.4, 0.5) is 4.79 Å². The van der Waals surface area contributed by atoms with Crippen molar-refractivity contribution in [3.63, 3.8) is 0 Å². The molecule has 6 nitrogen and oxygen atoms in total. The Kier molecular flexibility index (Phi) is 7.19. The van der Waals surface area contributed by atoms with Crippen molar-refractivity contribution in [3.05, 3.63) is 11.5 Å². The highest BCUT2D eigenvalue weighted by molar-refractivity contribution is 5.67. The summed E-state index contributed by atoms with van der Waals surface area (Å²) >= 11 is 0. The number of nitrogens with two attached hydrogens (primary N) is 1. The highest BCUT2D eigenvalue weighted by Crippen LogP contribution is 2.23. The predicted octanol–water partition coefficient (Wildman–Crippen LogP) is 3.10. The standard InChI is InChI=1S/C17H33N3O3/c1-7-9-14(8-2)15-20(18)11-13(12-22-15)10-19(6)16(21)23-17(3,4)5/h13H,7-12,18H2,1-6H3/b15-14+. The topological polar surface area (TPSA) is 68.0 Å². The van der Waals surface area contributed by atoms with Crippen molar-refractivity contribution in [3.8, 4) is 0 Å². The fourth-order valence-corrected chi connectivity index (χ4v) is 2.65. The van der Waals surface area contributed by atoms with Crippen LogP contribution in [0.1, 0.15) is 53.9 Å². The normalized spacial score (nSPS) is 20.8. The lowest BCUT2D eigenvalue weighted by Crippen LogP contribution is -2.47. The van der Waals surface area contributed by atoms with E-state index in [0.717, 1.165) is 25.1 Å². The molecule has 1 aliphatic heterocycles. The number of hydrogen-bond acceptors (Lipinski definition) is 5. The van der Waals surface area contributed by atoms with Gasteiger partial charge in [0.25, 0.3) is 0 Å². The van der Waals surface area contributed by atoms with Gasteiger partial charge in [0.05, 0.1) is 6.61 Å². The number of hydrazine groups is 1. The highest BCUT2D eigenvalue weighted by Gasteiger charge is 2.28.